The SMILES string of the molecule is CC(C)[C@]1(C(=O)O)CO1. The molecule has 0 radical (unpaired) electrons. The molecule has 1 aliphatic heterocycles. The molecular formula is C6H10O3. The van der Waals surface area contributed by atoms with Crippen molar-refractivity contribution < 1.29 is 14.6 Å². The summed E-state index contributed by atoms with van der Waals surface area (Å²) in [6.07, 6.45) is 0. The number of carboxylic acid groups (broad SMARTS) is 1. The van der Waals surface area contributed by atoms with Crippen molar-refractivity contribution in [1.82, 2.24) is 0 Å². The Kier molecular flexibility index (Phi) is 1.24. The summed E-state index contributed by atoms with van der Waals surface area (Å²) in [7, 11) is 0. The van der Waals surface area contributed by atoms with Crippen molar-refractivity contribution in [2.45, 2.75) is 19.4 Å². The quantitative estimate of drug-likeness (QED) is 0.553. The van der Waals surface area contributed by atoms with Crippen molar-refractivity contribution in [2.75, 3.05) is 6.61 Å². The molecule has 1 atom stereocenters. The van der Waals surface area contributed by atoms with Crippen molar-refractivity contribution >= 4 is 5.97 Å². The molecule has 52 valence electrons. The summed E-state index contributed by atoms with van der Waals surface area (Å²) in [4.78, 5) is 10.4. The summed E-state index contributed by atoms with van der Waals surface area (Å²) in [6, 6.07) is 0. The Morgan fingerprint density at radius 3 is 2.22 bits per heavy atom. The first-order chi connectivity index (χ1) is 4.09. The van der Waals surface area contributed by atoms with Gasteiger partial charge in [0.25, 0.3) is 0 Å². The average molecular weight is 130 g/mol. The van der Waals surface area contributed by atoms with Crippen LogP contribution >= 0.6 is 0 Å². The lowest BCUT2D eigenvalue weighted by atomic mass is 9.97. The normalized spacial score (nSPS) is 32.8. The van der Waals surface area contributed by atoms with E-state index >= 15 is 0 Å². The van der Waals surface area contributed by atoms with Crippen LogP contribution in [0.3, 0.4) is 0 Å². The maximum atomic E-state index is 10.4. The second kappa shape index (κ2) is 1.70. The summed E-state index contributed by atoms with van der Waals surface area (Å²) in [5.41, 5.74) is -0.833. The fraction of sp³-hybridized carbons (Fsp3) is 0.833. The Bertz CT molecular complexity index is 135. The summed E-state index contributed by atoms with van der Waals surface area (Å²) < 4.78 is 4.82. The molecule has 1 aliphatic rings. The second-order valence-electron chi connectivity index (χ2n) is 2.64. The van der Waals surface area contributed by atoms with Crippen LogP contribution in [0.4, 0.5) is 0 Å². The number of aliphatic carboxylic acids is 1. The van der Waals surface area contributed by atoms with Crippen molar-refractivity contribution in [3.8, 4) is 0 Å². The van der Waals surface area contributed by atoms with E-state index in [4.69, 9.17) is 9.84 Å². The lowest BCUT2D eigenvalue weighted by Gasteiger charge is -2.08. The zero-order valence-corrected chi connectivity index (χ0v) is 5.55. The summed E-state index contributed by atoms with van der Waals surface area (Å²) in [6.45, 7) is 4.07. The van der Waals surface area contributed by atoms with Gasteiger partial charge in [-0.3, -0.25) is 0 Å². The van der Waals surface area contributed by atoms with Gasteiger partial charge >= 0.3 is 5.97 Å². The lowest BCUT2D eigenvalue weighted by molar-refractivity contribution is -0.144. The van der Waals surface area contributed by atoms with Gasteiger partial charge in [-0.25, -0.2) is 4.79 Å². The van der Waals surface area contributed by atoms with Crippen LogP contribution in [0.2, 0.25) is 0 Å². The predicted molar refractivity (Wildman–Crippen MR) is 31.2 cm³/mol. The lowest BCUT2D eigenvalue weighted by Crippen LogP contribution is -2.29. The van der Waals surface area contributed by atoms with Gasteiger partial charge in [-0.1, -0.05) is 13.8 Å². The van der Waals surface area contributed by atoms with Gasteiger partial charge in [0.15, 0.2) is 5.60 Å². The van der Waals surface area contributed by atoms with E-state index < -0.39 is 11.6 Å². The third kappa shape index (κ3) is 0.812. The number of hydrogen-bond acceptors (Lipinski definition) is 2. The molecule has 3 nitrogen and oxygen atoms in total. The highest BCUT2D eigenvalue weighted by atomic mass is 16.6. The zero-order valence-electron chi connectivity index (χ0n) is 5.55. The average Bonchev–Trinajstić information content (AvgIpc) is 2.40. The van der Waals surface area contributed by atoms with Crippen molar-refractivity contribution in [1.29, 1.82) is 0 Å². The molecule has 1 fully saturated rings. The molecule has 1 N–H and O–H groups in total. The van der Waals surface area contributed by atoms with Crippen LogP contribution in [0.15, 0.2) is 0 Å². The van der Waals surface area contributed by atoms with E-state index in [1.54, 1.807) is 0 Å². The summed E-state index contributed by atoms with van der Waals surface area (Å²) in [5.74, 6) is -0.757. The maximum Gasteiger partial charge on any atom is 0.338 e. The molecule has 0 aromatic heterocycles. The number of rotatable bonds is 2. The fourth-order valence-corrected chi connectivity index (χ4v) is 0.782. The van der Waals surface area contributed by atoms with E-state index in [9.17, 15) is 4.79 Å². The highest BCUT2D eigenvalue weighted by molar-refractivity contribution is 5.80. The highest BCUT2D eigenvalue weighted by Gasteiger charge is 2.55. The van der Waals surface area contributed by atoms with E-state index in [-0.39, 0.29) is 5.92 Å². The minimum absolute atomic E-state index is 0.0787. The molecule has 0 aliphatic carbocycles. The van der Waals surface area contributed by atoms with Gasteiger partial charge in [-0.2, -0.15) is 0 Å². The smallest absolute Gasteiger partial charge is 0.338 e. The number of ether oxygens (including phenoxy) is 1. The molecule has 1 rings (SSSR count). The molecule has 0 bridgehead atoms. The highest BCUT2D eigenvalue weighted by Crippen LogP contribution is 2.34. The van der Waals surface area contributed by atoms with Gasteiger partial charge in [-0.15, -0.1) is 0 Å². The number of carboxylic acids is 1. The number of epoxide rings is 1. The largest absolute Gasteiger partial charge is 0.479 e. The van der Waals surface area contributed by atoms with E-state index in [1.165, 1.54) is 0 Å². The Hall–Kier alpha value is -0.570. The van der Waals surface area contributed by atoms with Gasteiger partial charge < -0.3 is 9.84 Å². The molecule has 0 aromatic carbocycles. The van der Waals surface area contributed by atoms with Crippen LogP contribution < -0.4 is 0 Å². The van der Waals surface area contributed by atoms with Gasteiger partial charge in [-0.05, 0) is 5.92 Å². The first kappa shape index (κ1) is 6.55. The Labute approximate surface area is 53.6 Å². The van der Waals surface area contributed by atoms with Crippen molar-refractivity contribution in [2.24, 2.45) is 5.92 Å². The molecule has 1 heterocycles. The Morgan fingerprint density at radius 1 is 1.78 bits per heavy atom. The summed E-state index contributed by atoms with van der Waals surface area (Å²) in [5, 5.41) is 8.55. The molecule has 0 aromatic rings. The zero-order chi connectivity index (χ0) is 7.07. The molecule has 0 unspecified atom stereocenters. The fourth-order valence-electron chi connectivity index (χ4n) is 0.782. The predicted octanol–water partition coefficient (Wildman–Crippen LogP) is 0.496. The first-order valence-electron chi connectivity index (χ1n) is 2.97. The molecule has 0 amide bonds. The Morgan fingerprint density at radius 2 is 2.22 bits per heavy atom. The molecule has 3 heteroatoms. The van der Waals surface area contributed by atoms with E-state index in [0.29, 0.717) is 6.61 Å². The minimum atomic E-state index is -0.836. The van der Waals surface area contributed by atoms with Crippen LogP contribution in [0.5, 0.6) is 0 Å². The molecule has 0 saturated carbocycles. The third-order valence-electron chi connectivity index (χ3n) is 1.75. The van der Waals surface area contributed by atoms with Gasteiger partial charge in [0.05, 0.1) is 6.61 Å². The van der Waals surface area contributed by atoms with Crippen molar-refractivity contribution in [3.63, 3.8) is 0 Å². The van der Waals surface area contributed by atoms with Crippen LogP contribution in [0.1, 0.15) is 13.8 Å². The standard InChI is InChI=1S/C6H10O3/c1-4(2)6(3-9-6)5(7)8/h4H,3H2,1-2H3,(H,7,8)/t6-/m0/s1. The molecule has 1 saturated heterocycles. The van der Waals surface area contributed by atoms with Gasteiger partial charge in [0, 0.05) is 0 Å². The maximum absolute atomic E-state index is 10.4. The van der Waals surface area contributed by atoms with Crippen LogP contribution in [-0.4, -0.2) is 23.3 Å². The molecule has 0 spiro atoms. The monoisotopic (exact) mass is 130 g/mol. The second-order valence-corrected chi connectivity index (χ2v) is 2.64. The minimum Gasteiger partial charge on any atom is -0.479 e. The van der Waals surface area contributed by atoms with E-state index in [2.05, 4.69) is 0 Å². The molecule has 9 heavy (non-hydrogen) atoms. The Balaban J connectivity index is 2.63. The first-order valence-corrected chi connectivity index (χ1v) is 2.97. The topological polar surface area (TPSA) is 49.8 Å². The van der Waals surface area contributed by atoms with E-state index in [0.717, 1.165) is 0 Å². The third-order valence-corrected chi connectivity index (χ3v) is 1.75. The van der Waals surface area contributed by atoms with Gasteiger partial charge in [0.1, 0.15) is 0 Å². The number of hydrogen-bond donors (Lipinski definition) is 1. The summed E-state index contributed by atoms with van der Waals surface area (Å²) >= 11 is 0. The number of carbonyl (C=O) groups is 1. The van der Waals surface area contributed by atoms with Crippen LogP contribution in [0, 0.1) is 5.92 Å². The molecular weight excluding hydrogens is 120 g/mol. The van der Waals surface area contributed by atoms with E-state index in [1.807, 2.05) is 13.8 Å². The van der Waals surface area contributed by atoms with Crippen LogP contribution in [0.25, 0.3) is 0 Å². The van der Waals surface area contributed by atoms with Crippen molar-refractivity contribution in [3.05, 3.63) is 0 Å². The van der Waals surface area contributed by atoms with Gasteiger partial charge in [0.2, 0.25) is 0 Å². The van der Waals surface area contributed by atoms with Crippen LogP contribution in [-0.2, 0) is 9.53 Å².